The third-order valence-electron chi connectivity index (χ3n) is 4.38. The van der Waals surface area contributed by atoms with Crippen molar-refractivity contribution in [2.45, 2.75) is 12.5 Å². The maximum absolute atomic E-state index is 12.7. The molecule has 0 unspecified atom stereocenters. The molecule has 3 rings (SSSR count). The third kappa shape index (κ3) is 3.03. The van der Waals surface area contributed by atoms with Gasteiger partial charge in [0.1, 0.15) is 17.4 Å². The van der Waals surface area contributed by atoms with Crippen molar-refractivity contribution in [3.05, 3.63) is 29.3 Å². The fourth-order valence-corrected chi connectivity index (χ4v) is 3.12. The van der Waals surface area contributed by atoms with Crippen molar-refractivity contribution in [2.24, 2.45) is 0 Å². The quantitative estimate of drug-likeness (QED) is 0.821. The lowest BCUT2D eigenvalue weighted by atomic mass is 9.94. The molecule has 0 saturated carbocycles. The Labute approximate surface area is 155 Å². The normalized spacial score (nSPS) is 15.6. The number of fused-ring (bicyclic) bond motifs is 1. The molecule has 0 spiro atoms. The monoisotopic (exact) mass is 376 g/mol. The van der Waals surface area contributed by atoms with E-state index in [0.29, 0.717) is 11.3 Å². The van der Waals surface area contributed by atoms with Gasteiger partial charge in [-0.05, 0) is 12.1 Å². The summed E-state index contributed by atoms with van der Waals surface area (Å²) in [7, 11) is 5.64. The predicted octanol–water partition coefficient (Wildman–Crippen LogP) is 2.84. The van der Waals surface area contributed by atoms with Gasteiger partial charge in [0.25, 0.3) is 0 Å². The lowest BCUT2D eigenvalue weighted by Crippen LogP contribution is -2.21. The van der Waals surface area contributed by atoms with Gasteiger partial charge in [0, 0.05) is 11.6 Å². The van der Waals surface area contributed by atoms with Crippen molar-refractivity contribution in [3.63, 3.8) is 0 Å². The number of phenols is 2. The largest absolute Gasteiger partial charge is 0.504 e. The molecule has 1 aliphatic heterocycles. The lowest BCUT2D eigenvalue weighted by Gasteiger charge is -2.27. The minimum Gasteiger partial charge on any atom is -0.504 e. The number of Topliss-reactive ketones (excluding diaryl/α,β-unsaturated/α-hetero) is 1. The second kappa shape index (κ2) is 7.14. The first-order valence-electron chi connectivity index (χ1n) is 8.07. The summed E-state index contributed by atoms with van der Waals surface area (Å²) < 4.78 is 26.6. The number of ether oxygens (including phenoxy) is 5. The molecule has 2 N–H and O–H groups in total. The van der Waals surface area contributed by atoms with Gasteiger partial charge in [-0.3, -0.25) is 4.79 Å². The molecule has 2 aromatic carbocycles. The van der Waals surface area contributed by atoms with Crippen molar-refractivity contribution in [1.82, 2.24) is 0 Å². The van der Waals surface area contributed by atoms with E-state index in [9.17, 15) is 15.0 Å². The molecule has 2 aromatic rings. The van der Waals surface area contributed by atoms with E-state index in [1.54, 1.807) is 6.07 Å². The molecule has 8 nitrogen and oxygen atoms in total. The topological polar surface area (TPSA) is 104 Å². The van der Waals surface area contributed by atoms with Crippen LogP contribution in [0.2, 0.25) is 0 Å². The van der Waals surface area contributed by atoms with Gasteiger partial charge in [0.15, 0.2) is 28.8 Å². The molecule has 1 atom stereocenters. The van der Waals surface area contributed by atoms with Gasteiger partial charge in [-0.1, -0.05) is 0 Å². The van der Waals surface area contributed by atoms with Crippen molar-refractivity contribution >= 4 is 5.78 Å². The van der Waals surface area contributed by atoms with Crippen LogP contribution in [-0.4, -0.2) is 44.4 Å². The molecule has 0 radical (unpaired) electrons. The van der Waals surface area contributed by atoms with Crippen LogP contribution in [0.4, 0.5) is 0 Å². The molecular formula is C19H20O8. The highest BCUT2D eigenvalue weighted by Gasteiger charge is 2.34. The maximum Gasteiger partial charge on any atom is 0.204 e. The molecule has 144 valence electrons. The molecule has 0 aromatic heterocycles. The highest BCUT2D eigenvalue weighted by Crippen LogP contribution is 2.49. The molecule has 27 heavy (non-hydrogen) atoms. The minimum atomic E-state index is -0.687. The van der Waals surface area contributed by atoms with E-state index in [2.05, 4.69) is 0 Å². The first-order chi connectivity index (χ1) is 12.9. The first-order valence-corrected chi connectivity index (χ1v) is 8.07. The lowest BCUT2D eigenvalue weighted by molar-refractivity contribution is 0.0842. The number of aromatic hydroxyl groups is 2. The second-order valence-electron chi connectivity index (χ2n) is 5.84. The number of methoxy groups -OCH3 is 4. The molecule has 0 aliphatic carbocycles. The van der Waals surface area contributed by atoms with E-state index in [1.807, 2.05) is 0 Å². The number of rotatable bonds is 5. The summed E-state index contributed by atoms with van der Waals surface area (Å²) in [6.07, 6.45) is -0.724. The van der Waals surface area contributed by atoms with Gasteiger partial charge in [-0.2, -0.15) is 0 Å². The fraction of sp³-hybridized carbons (Fsp3) is 0.316. The Hall–Kier alpha value is -3.29. The smallest absolute Gasteiger partial charge is 0.204 e. The zero-order chi connectivity index (χ0) is 19.7. The predicted molar refractivity (Wildman–Crippen MR) is 94.7 cm³/mol. The van der Waals surface area contributed by atoms with Gasteiger partial charge >= 0.3 is 0 Å². The fourth-order valence-electron chi connectivity index (χ4n) is 3.12. The Balaban J connectivity index is 2.06. The van der Waals surface area contributed by atoms with Gasteiger partial charge in [-0.15, -0.1) is 0 Å². The summed E-state index contributed by atoms with van der Waals surface area (Å²) >= 11 is 0. The van der Waals surface area contributed by atoms with Crippen LogP contribution in [0, 0.1) is 0 Å². The SMILES string of the molecule is COc1cc([C@H]2CC(=O)c3c(cc(OC)c(OC)c3O)O2)cc(O)c1OC. The standard InChI is InChI=1S/C19H20O8/c1-23-14-6-9(5-11(21)18(14)25-3)12-7-10(20)16-13(27-12)8-15(24-2)19(26-4)17(16)22/h5-6,8,12,21-22H,7H2,1-4H3/t12-/m1/s1. The van der Waals surface area contributed by atoms with Crippen LogP contribution >= 0.6 is 0 Å². The van der Waals surface area contributed by atoms with Crippen molar-refractivity contribution in [1.29, 1.82) is 0 Å². The molecule has 8 heteroatoms. The van der Waals surface area contributed by atoms with Crippen LogP contribution in [0.15, 0.2) is 18.2 Å². The Kier molecular flexibility index (Phi) is 4.89. The summed E-state index contributed by atoms with van der Waals surface area (Å²) in [5, 5.41) is 20.6. The molecule has 0 fully saturated rings. The maximum atomic E-state index is 12.7. The summed E-state index contributed by atoms with van der Waals surface area (Å²) in [5.41, 5.74) is 0.562. The Morgan fingerprint density at radius 2 is 1.56 bits per heavy atom. The van der Waals surface area contributed by atoms with Crippen LogP contribution in [0.3, 0.4) is 0 Å². The van der Waals surface area contributed by atoms with Crippen LogP contribution in [0.5, 0.6) is 40.2 Å². The van der Waals surface area contributed by atoms with E-state index in [0.717, 1.165) is 0 Å². The van der Waals surface area contributed by atoms with Crippen LogP contribution in [-0.2, 0) is 0 Å². The Morgan fingerprint density at radius 1 is 0.926 bits per heavy atom. The average molecular weight is 376 g/mol. The van der Waals surface area contributed by atoms with Gasteiger partial charge < -0.3 is 33.9 Å². The number of hydrogen-bond acceptors (Lipinski definition) is 8. The highest BCUT2D eigenvalue weighted by atomic mass is 16.5. The summed E-state index contributed by atoms with van der Waals surface area (Å²) in [6, 6.07) is 4.56. The van der Waals surface area contributed by atoms with E-state index < -0.39 is 6.10 Å². The van der Waals surface area contributed by atoms with E-state index in [1.165, 1.54) is 40.6 Å². The average Bonchev–Trinajstić information content (AvgIpc) is 2.66. The number of ketones is 1. The van der Waals surface area contributed by atoms with Crippen molar-refractivity contribution in [3.8, 4) is 40.2 Å². The van der Waals surface area contributed by atoms with E-state index >= 15 is 0 Å². The van der Waals surface area contributed by atoms with E-state index in [4.69, 9.17) is 23.7 Å². The molecule has 0 bridgehead atoms. The summed E-state index contributed by atoms with van der Waals surface area (Å²) in [6.45, 7) is 0. The number of hydrogen-bond donors (Lipinski definition) is 2. The molecule has 1 aliphatic rings. The van der Waals surface area contributed by atoms with Gasteiger partial charge in [-0.25, -0.2) is 0 Å². The first kappa shape index (κ1) is 18.5. The number of phenolic OH excluding ortho intramolecular Hbond substituents is 2. The zero-order valence-electron chi connectivity index (χ0n) is 15.4. The van der Waals surface area contributed by atoms with Crippen LogP contribution < -0.4 is 23.7 Å². The van der Waals surface area contributed by atoms with Gasteiger partial charge in [0.05, 0.1) is 34.9 Å². The molecular weight excluding hydrogens is 356 g/mol. The van der Waals surface area contributed by atoms with E-state index in [-0.39, 0.29) is 52.3 Å². The van der Waals surface area contributed by atoms with Crippen molar-refractivity contribution in [2.75, 3.05) is 28.4 Å². The summed E-state index contributed by atoms with van der Waals surface area (Å²) in [4.78, 5) is 12.7. The number of benzene rings is 2. The van der Waals surface area contributed by atoms with Crippen LogP contribution in [0.25, 0.3) is 0 Å². The molecule has 0 amide bonds. The summed E-state index contributed by atoms with van der Waals surface area (Å²) in [5.74, 6) is 0.175. The van der Waals surface area contributed by atoms with Crippen molar-refractivity contribution < 1.29 is 38.7 Å². The van der Waals surface area contributed by atoms with Crippen LogP contribution in [0.1, 0.15) is 28.4 Å². The minimum absolute atomic E-state index is 0.0357. The zero-order valence-corrected chi connectivity index (χ0v) is 15.4. The Morgan fingerprint density at radius 3 is 2.15 bits per heavy atom. The van der Waals surface area contributed by atoms with Gasteiger partial charge in [0.2, 0.25) is 11.5 Å². The second-order valence-corrected chi connectivity index (χ2v) is 5.84. The third-order valence-corrected chi connectivity index (χ3v) is 4.38. The highest BCUT2D eigenvalue weighted by molar-refractivity contribution is 6.03. The number of carbonyl (C=O) groups is 1. The Bertz CT molecular complexity index is 890. The number of carbonyl (C=O) groups excluding carboxylic acids is 1. The molecule has 1 heterocycles. The molecule has 0 saturated heterocycles.